The van der Waals surface area contributed by atoms with Crippen LogP contribution in [0.3, 0.4) is 0 Å². The van der Waals surface area contributed by atoms with Crippen LogP contribution in [-0.2, 0) is 13.1 Å². The Hall–Kier alpha value is -1.61. The number of hydrogen-bond acceptors (Lipinski definition) is 3. The molecule has 1 heterocycles. The Morgan fingerprint density at radius 1 is 1.14 bits per heavy atom. The highest BCUT2D eigenvalue weighted by atomic mass is 127. The SMILES string of the molecule is CCCC(CCO)CNC(=NCc1ccc(Cn2ccnc2)cc1)NCC.I. The van der Waals surface area contributed by atoms with Crippen molar-refractivity contribution >= 4 is 29.9 Å². The number of aromatic nitrogens is 2. The number of benzene rings is 1. The molecule has 2 aromatic rings. The molecule has 0 saturated heterocycles. The van der Waals surface area contributed by atoms with Crippen molar-refractivity contribution in [3.63, 3.8) is 0 Å². The van der Waals surface area contributed by atoms with Gasteiger partial charge in [0, 0.05) is 38.6 Å². The molecule has 0 fully saturated rings. The third-order valence-electron chi connectivity index (χ3n) is 4.50. The van der Waals surface area contributed by atoms with Crippen LogP contribution < -0.4 is 10.6 Å². The van der Waals surface area contributed by atoms with Gasteiger partial charge in [-0.25, -0.2) is 9.98 Å². The van der Waals surface area contributed by atoms with E-state index >= 15 is 0 Å². The number of guanidine groups is 1. The Balaban J connectivity index is 0.00000392. The standard InChI is InChI=1S/C21H33N5O.HI/c1-3-5-18(10-13-27)14-24-21(23-4-2)25-15-19-6-8-20(9-7-19)16-26-12-11-22-17-26;/h6-9,11-12,17-18,27H,3-5,10,13-16H2,1-2H3,(H2,23,24,25);1H. The van der Waals surface area contributed by atoms with Crippen LogP contribution in [0, 0.1) is 5.92 Å². The molecule has 2 rings (SSSR count). The second-order valence-corrected chi connectivity index (χ2v) is 6.79. The van der Waals surface area contributed by atoms with Gasteiger partial charge in [0.1, 0.15) is 0 Å². The molecular weight excluding hydrogens is 465 g/mol. The van der Waals surface area contributed by atoms with Crippen LogP contribution in [0.15, 0.2) is 48.0 Å². The fourth-order valence-electron chi connectivity index (χ4n) is 3.03. The summed E-state index contributed by atoms with van der Waals surface area (Å²) in [6, 6.07) is 8.55. The van der Waals surface area contributed by atoms with Crippen molar-refractivity contribution in [1.29, 1.82) is 0 Å². The van der Waals surface area contributed by atoms with Crippen LogP contribution >= 0.6 is 24.0 Å². The maximum atomic E-state index is 9.21. The van der Waals surface area contributed by atoms with Gasteiger partial charge in [0.05, 0.1) is 12.9 Å². The van der Waals surface area contributed by atoms with Gasteiger partial charge in [-0.1, -0.05) is 37.6 Å². The van der Waals surface area contributed by atoms with E-state index in [1.807, 2.05) is 12.5 Å². The van der Waals surface area contributed by atoms with E-state index in [1.165, 1.54) is 11.1 Å². The normalized spacial score (nSPS) is 12.3. The molecule has 0 aliphatic rings. The average Bonchev–Trinajstić information content (AvgIpc) is 3.18. The Labute approximate surface area is 185 Å². The van der Waals surface area contributed by atoms with Gasteiger partial charge in [-0.3, -0.25) is 0 Å². The predicted molar refractivity (Wildman–Crippen MR) is 126 cm³/mol. The van der Waals surface area contributed by atoms with Crippen molar-refractivity contribution in [2.24, 2.45) is 10.9 Å². The van der Waals surface area contributed by atoms with Crippen LogP contribution in [0.1, 0.15) is 44.2 Å². The van der Waals surface area contributed by atoms with Crippen molar-refractivity contribution in [2.75, 3.05) is 19.7 Å². The lowest BCUT2D eigenvalue weighted by molar-refractivity contribution is 0.251. The van der Waals surface area contributed by atoms with Gasteiger partial charge in [-0.2, -0.15) is 0 Å². The van der Waals surface area contributed by atoms with E-state index in [2.05, 4.69) is 58.3 Å². The molecule has 156 valence electrons. The molecule has 1 unspecified atom stereocenters. The first-order valence-electron chi connectivity index (χ1n) is 9.91. The summed E-state index contributed by atoms with van der Waals surface area (Å²) in [5, 5.41) is 15.9. The lowest BCUT2D eigenvalue weighted by Crippen LogP contribution is -2.40. The third-order valence-corrected chi connectivity index (χ3v) is 4.50. The van der Waals surface area contributed by atoms with Crippen LogP contribution in [0.5, 0.6) is 0 Å². The summed E-state index contributed by atoms with van der Waals surface area (Å²) in [6.07, 6.45) is 8.67. The Morgan fingerprint density at radius 2 is 1.89 bits per heavy atom. The van der Waals surface area contributed by atoms with E-state index in [9.17, 15) is 5.11 Å². The van der Waals surface area contributed by atoms with Gasteiger partial charge >= 0.3 is 0 Å². The molecule has 1 aromatic heterocycles. The summed E-state index contributed by atoms with van der Waals surface area (Å²) in [5.41, 5.74) is 2.43. The minimum absolute atomic E-state index is 0. The first-order valence-corrected chi connectivity index (χ1v) is 9.91. The van der Waals surface area contributed by atoms with Crippen LogP contribution in [0.25, 0.3) is 0 Å². The van der Waals surface area contributed by atoms with Gasteiger partial charge < -0.3 is 20.3 Å². The molecular formula is C21H34IN5O. The lowest BCUT2D eigenvalue weighted by atomic mass is 10.0. The molecule has 0 bridgehead atoms. The topological polar surface area (TPSA) is 74.5 Å². The first kappa shape index (κ1) is 24.4. The number of halogens is 1. The molecule has 0 saturated carbocycles. The number of rotatable bonds is 11. The van der Waals surface area contributed by atoms with Crippen molar-refractivity contribution in [3.8, 4) is 0 Å². The van der Waals surface area contributed by atoms with E-state index in [4.69, 9.17) is 4.99 Å². The average molecular weight is 499 g/mol. The molecule has 28 heavy (non-hydrogen) atoms. The molecule has 7 heteroatoms. The number of aliphatic hydroxyl groups is 1. The zero-order valence-corrected chi connectivity index (χ0v) is 19.3. The smallest absolute Gasteiger partial charge is 0.191 e. The monoisotopic (exact) mass is 499 g/mol. The zero-order valence-electron chi connectivity index (χ0n) is 17.0. The summed E-state index contributed by atoms with van der Waals surface area (Å²) in [6.45, 7) is 7.62. The van der Waals surface area contributed by atoms with Gasteiger partial charge in [-0.05, 0) is 36.8 Å². The Kier molecular flexibility index (Phi) is 12.6. The molecule has 0 spiro atoms. The molecule has 0 aliphatic carbocycles. The number of aliphatic hydroxyl groups excluding tert-OH is 1. The number of imidazole rings is 1. The zero-order chi connectivity index (χ0) is 19.3. The van der Waals surface area contributed by atoms with Gasteiger partial charge in [-0.15, -0.1) is 24.0 Å². The molecule has 0 aliphatic heterocycles. The van der Waals surface area contributed by atoms with Crippen LogP contribution in [0.4, 0.5) is 0 Å². The van der Waals surface area contributed by atoms with E-state index < -0.39 is 0 Å². The predicted octanol–water partition coefficient (Wildman–Crippen LogP) is 3.40. The van der Waals surface area contributed by atoms with Gasteiger partial charge in [0.25, 0.3) is 0 Å². The van der Waals surface area contributed by atoms with Crippen molar-refractivity contribution < 1.29 is 5.11 Å². The third kappa shape index (κ3) is 9.05. The number of hydrogen-bond donors (Lipinski definition) is 3. The van der Waals surface area contributed by atoms with E-state index in [1.54, 1.807) is 6.20 Å². The summed E-state index contributed by atoms with van der Waals surface area (Å²) >= 11 is 0. The van der Waals surface area contributed by atoms with E-state index in [0.29, 0.717) is 12.5 Å². The second-order valence-electron chi connectivity index (χ2n) is 6.79. The molecule has 0 radical (unpaired) electrons. The molecule has 3 N–H and O–H groups in total. The second kappa shape index (κ2) is 14.4. The fourth-order valence-corrected chi connectivity index (χ4v) is 3.03. The summed E-state index contributed by atoms with van der Waals surface area (Å²) < 4.78 is 2.06. The molecule has 0 amide bonds. The summed E-state index contributed by atoms with van der Waals surface area (Å²) in [5.74, 6) is 1.31. The maximum absolute atomic E-state index is 9.21. The first-order chi connectivity index (χ1) is 13.2. The Bertz CT molecular complexity index is 652. The minimum atomic E-state index is 0. The van der Waals surface area contributed by atoms with Crippen molar-refractivity contribution in [1.82, 2.24) is 20.2 Å². The quantitative estimate of drug-likeness (QED) is 0.252. The van der Waals surface area contributed by atoms with Gasteiger partial charge in [0.2, 0.25) is 0 Å². The highest BCUT2D eigenvalue weighted by molar-refractivity contribution is 14.0. The molecule has 6 nitrogen and oxygen atoms in total. The highest BCUT2D eigenvalue weighted by Gasteiger charge is 2.08. The minimum Gasteiger partial charge on any atom is -0.396 e. The summed E-state index contributed by atoms with van der Waals surface area (Å²) in [7, 11) is 0. The maximum Gasteiger partial charge on any atom is 0.191 e. The van der Waals surface area contributed by atoms with Crippen molar-refractivity contribution in [3.05, 3.63) is 54.1 Å². The fraction of sp³-hybridized carbons (Fsp3) is 0.524. The van der Waals surface area contributed by atoms with E-state index in [0.717, 1.165) is 44.9 Å². The lowest BCUT2D eigenvalue weighted by Gasteiger charge is -2.18. The Morgan fingerprint density at radius 3 is 2.50 bits per heavy atom. The molecule has 1 atom stereocenters. The largest absolute Gasteiger partial charge is 0.396 e. The summed E-state index contributed by atoms with van der Waals surface area (Å²) in [4.78, 5) is 8.77. The van der Waals surface area contributed by atoms with E-state index in [-0.39, 0.29) is 30.6 Å². The van der Waals surface area contributed by atoms with Gasteiger partial charge in [0.15, 0.2) is 5.96 Å². The van der Waals surface area contributed by atoms with Crippen LogP contribution in [-0.4, -0.2) is 40.3 Å². The van der Waals surface area contributed by atoms with Crippen LogP contribution in [0.2, 0.25) is 0 Å². The van der Waals surface area contributed by atoms with Crippen molar-refractivity contribution in [2.45, 2.75) is 46.2 Å². The number of aliphatic imine (C=N–C) groups is 1. The highest BCUT2D eigenvalue weighted by Crippen LogP contribution is 2.10. The number of nitrogens with zero attached hydrogens (tertiary/aromatic N) is 3. The molecule has 1 aromatic carbocycles. The number of nitrogens with one attached hydrogen (secondary N) is 2.